The lowest BCUT2D eigenvalue weighted by molar-refractivity contribution is -0.385. The van der Waals surface area contributed by atoms with Crippen LogP contribution in [0.1, 0.15) is 26.4 Å². The molecule has 0 saturated carbocycles. The van der Waals surface area contributed by atoms with E-state index in [4.69, 9.17) is 4.74 Å². The van der Waals surface area contributed by atoms with Gasteiger partial charge >= 0.3 is 11.7 Å². The minimum absolute atomic E-state index is 0.172. The SMILES string of the molecule is COC(=O)c1ccccc1Cn1cc(NC(=O)c2c([N+](=O)[O-])cnn2C)cn1. The summed E-state index contributed by atoms with van der Waals surface area (Å²) in [4.78, 5) is 34.6. The first-order chi connectivity index (χ1) is 13.4. The molecule has 28 heavy (non-hydrogen) atoms. The summed E-state index contributed by atoms with van der Waals surface area (Å²) in [6.07, 6.45) is 3.97. The summed E-state index contributed by atoms with van der Waals surface area (Å²) in [5.41, 5.74) is 0.887. The lowest BCUT2D eigenvalue weighted by Crippen LogP contribution is -2.17. The summed E-state index contributed by atoms with van der Waals surface area (Å²) in [5.74, 6) is -1.14. The van der Waals surface area contributed by atoms with Crippen LogP contribution in [0.3, 0.4) is 0 Å². The molecule has 1 aromatic carbocycles. The summed E-state index contributed by atoms with van der Waals surface area (Å²) < 4.78 is 7.42. The highest BCUT2D eigenvalue weighted by molar-refractivity contribution is 6.05. The van der Waals surface area contributed by atoms with Crippen molar-refractivity contribution in [3.8, 4) is 0 Å². The van der Waals surface area contributed by atoms with Crippen molar-refractivity contribution in [2.75, 3.05) is 12.4 Å². The second kappa shape index (κ2) is 7.70. The molecule has 0 spiro atoms. The van der Waals surface area contributed by atoms with Crippen LogP contribution in [-0.2, 0) is 18.3 Å². The van der Waals surface area contributed by atoms with Crippen LogP contribution in [0.5, 0.6) is 0 Å². The highest BCUT2D eigenvalue weighted by atomic mass is 16.6. The Morgan fingerprint density at radius 2 is 2.00 bits per heavy atom. The van der Waals surface area contributed by atoms with E-state index in [0.29, 0.717) is 16.8 Å². The molecule has 0 atom stereocenters. The molecule has 0 aliphatic rings. The van der Waals surface area contributed by atoms with Gasteiger partial charge in [-0.25, -0.2) is 4.79 Å². The Bertz CT molecular complexity index is 1050. The van der Waals surface area contributed by atoms with Gasteiger partial charge in [0.15, 0.2) is 0 Å². The zero-order valence-corrected chi connectivity index (χ0v) is 15.0. The lowest BCUT2D eigenvalue weighted by atomic mass is 10.1. The average molecular weight is 384 g/mol. The van der Waals surface area contributed by atoms with E-state index in [0.717, 1.165) is 10.9 Å². The number of anilines is 1. The number of carbonyl (C=O) groups excluding carboxylic acids is 2. The van der Waals surface area contributed by atoms with Crippen molar-refractivity contribution < 1.29 is 19.2 Å². The number of nitrogens with one attached hydrogen (secondary N) is 1. The number of methoxy groups -OCH3 is 1. The Kier molecular flexibility index (Phi) is 5.16. The minimum atomic E-state index is -0.679. The van der Waals surface area contributed by atoms with Crippen LogP contribution < -0.4 is 5.32 Å². The molecule has 0 fully saturated rings. The third-order valence-corrected chi connectivity index (χ3v) is 3.98. The number of ether oxygens (including phenoxy) is 1. The van der Waals surface area contributed by atoms with Crippen molar-refractivity contribution in [1.82, 2.24) is 19.6 Å². The van der Waals surface area contributed by atoms with Gasteiger partial charge in [0.25, 0.3) is 5.91 Å². The van der Waals surface area contributed by atoms with Crippen LogP contribution in [0.4, 0.5) is 11.4 Å². The van der Waals surface area contributed by atoms with Gasteiger partial charge in [0.05, 0.1) is 36.0 Å². The highest BCUT2D eigenvalue weighted by Gasteiger charge is 2.25. The van der Waals surface area contributed by atoms with Gasteiger partial charge in [0, 0.05) is 13.2 Å². The number of nitro groups is 1. The van der Waals surface area contributed by atoms with Crippen LogP contribution in [0.15, 0.2) is 42.9 Å². The Hall–Kier alpha value is -4.02. The predicted molar refractivity (Wildman–Crippen MR) is 96.9 cm³/mol. The molecule has 11 nitrogen and oxygen atoms in total. The van der Waals surface area contributed by atoms with E-state index in [-0.39, 0.29) is 17.9 Å². The van der Waals surface area contributed by atoms with Gasteiger partial charge in [0.2, 0.25) is 5.69 Å². The molecule has 1 N–H and O–H groups in total. The quantitative estimate of drug-likeness (QED) is 0.387. The number of benzene rings is 1. The number of hydrogen-bond acceptors (Lipinski definition) is 7. The van der Waals surface area contributed by atoms with Crippen LogP contribution in [0, 0.1) is 10.1 Å². The molecular weight excluding hydrogens is 368 g/mol. The standard InChI is InChI=1S/C17H16N6O5/c1-21-15(14(8-18-21)23(26)27)16(24)20-12-7-19-22(10-12)9-11-5-3-4-6-13(11)17(25)28-2/h3-8,10H,9H2,1-2H3,(H,20,24). The summed E-state index contributed by atoms with van der Waals surface area (Å²) in [6.45, 7) is 0.271. The zero-order chi connectivity index (χ0) is 20.3. The van der Waals surface area contributed by atoms with Crippen molar-refractivity contribution in [1.29, 1.82) is 0 Å². The molecule has 0 bridgehead atoms. The van der Waals surface area contributed by atoms with Gasteiger partial charge in [0.1, 0.15) is 6.20 Å². The van der Waals surface area contributed by atoms with Crippen molar-refractivity contribution in [3.63, 3.8) is 0 Å². The summed E-state index contributed by atoms with van der Waals surface area (Å²) in [7, 11) is 2.74. The first-order valence-electron chi connectivity index (χ1n) is 8.07. The normalized spacial score (nSPS) is 10.5. The van der Waals surface area contributed by atoms with E-state index in [1.54, 1.807) is 30.5 Å². The van der Waals surface area contributed by atoms with Gasteiger partial charge in [-0.2, -0.15) is 10.2 Å². The van der Waals surface area contributed by atoms with E-state index in [1.165, 1.54) is 25.0 Å². The van der Waals surface area contributed by atoms with Crippen molar-refractivity contribution in [2.45, 2.75) is 6.54 Å². The molecule has 144 valence electrons. The van der Waals surface area contributed by atoms with E-state index in [2.05, 4.69) is 15.5 Å². The molecular formula is C17H16N6O5. The minimum Gasteiger partial charge on any atom is -0.465 e. The van der Waals surface area contributed by atoms with Crippen LogP contribution in [0.2, 0.25) is 0 Å². The largest absolute Gasteiger partial charge is 0.465 e. The molecule has 3 aromatic rings. The molecule has 0 saturated heterocycles. The van der Waals surface area contributed by atoms with Crippen LogP contribution in [0.25, 0.3) is 0 Å². The summed E-state index contributed by atoms with van der Waals surface area (Å²) >= 11 is 0. The first-order valence-corrected chi connectivity index (χ1v) is 8.07. The molecule has 0 aliphatic carbocycles. The second-order valence-corrected chi connectivity index (χ2v) is 5.79. The Morgan fingerprint density at radius 1 is 1.25 bits per heavy atom. The maximum Gasteiger partial charge on any atom is 0.338 e. The van der Waals surface area contributed by atoms with E-state index in [1.807, 2.05) is 0 Å². The molecule has 3 rings (SSSR count). The zero-order valence-electron chi connectivity index (χ0n) is 15.0. The van der Waals surface area contributed by atoms with Crippen molar-refractivity contribution >= 4 is 23.3 Å². The number of nitrogens with zero attached hydrogens (tertiary/aromatic N) is 5. The van der Waals surface area contributed by atoms with Gasteiger partial charge in [-0.15, -0.1) is 0 Å². The number of hydrogen-bond donors (Lipinski definition) is 1. The summed E-state index contributed by atoms with van der Waals surface area (Å²) in [6, 6.07) is 6.93. The second-order valence-electron chi connectivity index (χ2n) is 5.79. The number of esters is 1. The third kappa shape index (κ3) is 3.72. The fourth-order valence-corrected chi connectivity index (χ4v) is 2.67. The lowest BCUT2D eigenvalue weighted by Gasteiger charge is -2.07. The molecule has 11 heteroatoms. The Morgan fingerprint density at radius 3 is 2.71 bits per heavy atom. The number of aromatic nitrogens is 4. The number of aryl methyl sites for hydroxylation is 1. The van der Waals surface area contributed by atoms with Crippen LogP contribution >= 0.6 is 0 Å². The van der Waals surface area contributed by atoms with Crippen molar-refractivity contribution in [3.05, 3.63) is 69.8 Å². The van der Waals surface area contributed by atoms with Gasteiger partial charge in [-0.05, 0) is 11.6 Å². The average Bonchev–Trinajstić information content (AvgIpc) is 3.27. The number of amides is 1. The fourth-order valence-electron chi connectivity index (χ4n) is 2.67. The predicted octanol–water partition coefficient (Wildman–Crippen LogP) is 1.61. The molecule has 0 aliphatic heterocycles. The fraction of sp³-hybridized carbons (Fsp3) is 0.176. The third-order valence-electron chi connectivity index (χ3n) is 3.98. The van der Waals surface area contributed by atoms with Gasteiger partial charge in [-0.3, -0.25) is 24.3 Å². The Labute approximate surface area is 158 Å². The van der Waals surface area contributed by atoms with E-state index >= 15 is 0 Å². The maximum atomic E-state index is 12.4. The molecule has 0 radical (unpaired) electrons. The van der Waals surface area contributed by atoms with Crippen molar-refractivity contribution in [2.24, 2.45) is 7.05 Å². The van der Waals surface area contributed by atoms with Gasteiger partial charge < -0.3 is 10.1 Å². The molecule has 0 unspecified atom stereocenters. The summed E-state index contributed by atoms with van der Waals surface area (Å²) in [5, 5.41) is 21.5. The monoisotopic (exact) mass is 384 g/mol. The Balaban J connectivity index is 1.77. The maximum absolute atomic E-state index is 12.4. The number of rotatable bonds is 6. The highest BCUT2D eigenvalue weighted by Crippen LogP contribution is 2.19. The molecule has 1 amide bonds. The van der Waals surface area contributed by atoms with E-state index < -0.39 is 16.8 Å². The first kappa shape index (κ1) is 18.8. The molecule has 2 aromatic heterocycles. The smallest absolute Gasteiger partial charge is 0.338 e. The van der Waals surface area contributed by atoms with Gasteiger partial charge in [-0.1, -0.05) is 18.2 Å². The van der Waals surface area contributed by atoms with Crippen LogP contribution in [-0.4, -0.2) is 43.5 Å². The molecule has 2 heterocycles. The topological polar surface area (TPSA) is 134 Å². The van der Waals surface area contributed by atoms with E-state index in [9.17, 15) is 19.7 Å². The number of carbonyl (C=O) groups is 2.